The van der Waals surface area contributed by atoms with Crippen molar-refractivity contribution >= 4 is 23.4 Å². The van der Waals surface area contributed by atoms with Gasteiger partial charge in [-0.2, -0.15) is 0 Å². The SMILES string of the molecule is COC(=O)C1=C(C)NC2=C(C(=O)C[C@@H](c3ccc(OC)cc3)C2)[C@H]1c1cc(Cl)c(O)c(OC)c1. The normalized spacial score (nSPS) is 20.0. The predicted octanol–water partition coefficient (Wildman–Crippen LogP) is 4.60. The van der Waals surface area contributed by atoms with Gasteiger partial charge in [-0.15, -0.1) is 0 Å². The standard InChI is InChI=1S/C26H26ClNO6/c1-13-22(26(31)34-4)23(16-9-18(27)25(30)21(12-16)33-3)24-19(28-13)10-15(11-20(24)29)14-5-7-17(32-2)8-6-14/h5-9,12,15,23,28,30H,10-11H2,1-4H3/t15-,23-/m0/s1. The molecule has 2 atom stereocenters. The number of phenols is 1. The minimum absolute atomic E-state index is 0.0178. The average Bonchev–Trinajstić information content (AvgIpc) is 2.84. The number of phenolic OH excluding ortho intramolecular Hbond substituents is 1. The van der Waals surface area contributed by atoms with Gasteiger partial charge in [0.15, 0.2) is 17.3 Å². The molecule has 0 bridgehead atoms. The number of methoxy groups -OCH3 is 3. The number of dihydropyridines is 1. The first-order valence-electron chi connectivity index (χ1n) is 10.8. The number of benzene rings is 2. The maximum absolute atomic E-state index is 13.6. The molecule has 0 saturated carbocycles. The van der Waals surface area contributed by atoms with E-state index < -0.39 is 11.9 Å². The Morgan fingerprint density at radius 1 is 1.06 bits per heavy atom. The Kier molecular flexibility index (Phi) is 6.57. The van der Waals surface area contributed by atoms with E-state index in [4.69, 9.17) is 25.8 Å². The van der Waals surface area contributed by atoms with Crippen LogP contribution in [0.4, 0.5) is 0 Å². The highest BCUT2D eigenvalue weighted by Gasteiger charge is 2.41. The number of esters is 1. The van der Waals surface area contributed by atoms with Crippen LogP contribution in [0.3, 0.4) is 0 Å². The molecular formula is C26H26ClNO6. The van der Waals surface area contributed by atoms with Crippen LogP contribution in [0.25, 0.3) is 0 Å². The molecule has 0 aromatic heterocycles. The van der Waals surface area contributed by atoms with Gasteiger partial charge in [0.05, 0.1) is 31.9 Å². The van der Waals surface area contributed by atoms with Crippen LogP contribution in [0.15, 0.2) is 58.9 Å². The molecule has 0 saturated heterocycles. The molecule has 0 radical (unpaired) electrons. The molecule has 0 amide bonds. The zero-order chi connectivity index (χ0) is 24.6. The quantitative estimate of drug-likeness (QED) is 0.600. The van der Waals surface area contributed by atoms with Gasteiger partial charge in [-0.05, 0) is 54.7 Å². The average molecular weight is 484 g/mol. The molecule has 4 rings (SSSR count). The first kappa shape index (κ1) is 23.7. The first-order chi connectivity index (χ1) is 16.3. The summed E-state index contributed by atoms with van der Waals surface area (Å²) in [7, 11) is 4.33. The van der Waals surface area contributed by atoms with Gasteiger partial charge in [-0.1, -0.05) is 23.7 Å². The van der Waals surface area contributed by atoms with Gasteiger partial charge in [0.1, 0.15) is 5.75 Å². The summed E-state index contributed by atoms with van der Waals surface area (Å²) in [4.78, 5) is 26.4. The molecule has 1 heterocycles. The Morgan fingerprint density at radius 3 is 2.38 bits per heavy atom. The van der Waals surface area contributed by atoms with E-state index >= 15 is 0 Å². The lowest BCUT2D eigenvalue weighted by atomic mass is 9.71. The molecule has 178 valence electrons. The second kappa shape index (κ2) is 9.43. The molecule has 2 N–H and O–H groups in total. The van der Waals surface area contributed by atoms with Crippen molar-refractivity contribution < 1.29 is 28.9 Å². The Labute approximate surface area is 203 Å². The van der Waals surface area contributed by atoms with Gasteiger partial charge in [0, 0.05) is 29.3 Å². The Balaban J connectivity index is 1.83. The van der Waals surface area contributed by atoms with E-state index in [2.05, 4.69) is 5.32 Å². The third-order valence-electron chi connectivity index (χ3n) is 6.42. The maximum Gasteiger partial charge on any atom is 0.336 e. The van der Waals surface area contributed by atoms with E-state index in [0.29, 0.717) is 35.2 Å². The van der Waals surface area contributed by atoms with Crippen molar-refractivity contribution in [3.63, 3.8) is 0 Å². The minimum Gasteiger partial charge on any atom is -0.503 e. The highest BCUT2D eigenvalue weighted by Crippen LogP contribution is 2.48. The summed E-state index contributed by atoms with van der Waals surface area (Å²) in [5.74, 6) is -0.640. The number of hydrogen-bond acceptors (Lipinski definition) is 7. The smallest absolute Gasteiger partial charge is 0.336 e. The number of rotatable bonds is 5. The first-order valence-corrected chi connectivity index (χ1v) is 11.2. The third-order valence-corrected chi connectivity index (χ3v) is 6.71. The summed E-state index contributed by atoms with van der Waals surface area (Å²) in [5, 5.41) is 13.6. The van der Waals surface area contributed by atoms with E-state index in [1.54, 1.807) is 26.2 Å². The predicted molar refractivity (Wildman–Crippen MR) is 127 cm³/mol. The lowest BCUT2D eigenvalue weighted by Crippen LogP contribution is -2.36. The van der Waals surface area contributed by atoms with Crippen molar-refractivity contribution in [1.82, 2.24) is 5.32 Å². The van der Waals surface area contributed by atoms with E-state index in [-0.39, 0.29) is 28.2 Å². The van der Waals surface area contributed by atoms with E-state index in [0.717, 1.165) is 17.0 Å². The molecule has 0 spiro atoms. The number of nitrogens with one attached hydrogen (secondary N) is 1. The fraction of sp³-hybridized carbons (Fsp3) is 0.308. The number of hydrogen-bond donors (Lipinski definition) is 2. The maximum atomic E-state index is 13.6. The van der Waals surface area contributed by atoms with Gasteiger partial charge in [-0.3, -0.25) is 4.79 Å². The zero-order valence-corrected chi connectivity index (χ0v) is 20.2. The Hall–Kier alpha value is -3.45. The number of carbonyl (C=O) groups is 2. The van der Waals surface area contributed by atoms with E-state index in [1.165, 1.54) is 14.2 Å². The van der Waals surface area contributed by atoms with Crippen molar-refractivity contribution in [2.45, 2.75) is 31.6 Å². The summed E-state index contributed by atoms with van der Waals surface area (Å²) in [6.45, 7) is 1.78. The monoisotopic (exact) mass is 483 g/mol. The number of Topliss-reactive ketones (excluding diaryl/α,β-unsaturated/α-hetero) is 1. The fourth-order valence-electron chi connectivity index (χ4n) is 4.78. The van der Waals surface area contributed by atoms with E-state index in [9.17, 15) is 14.7 Å². The van der Waals surface area contributed by atoms with Crippen LogP contribution in [0, 0.1) is 0 Å². The van der Waals surface area contributed by atoms with Crippen LogP contribution >= 0.6 is 11.6 Å². The summed E-state index contributed by atoms with van der Waals surface area (Å²) in [5.41, 5.74) is 3.77. The van der Waals surface area contributed by atoms with Crippen LogP contribution in [-0.2, 0) is 14.3 Å². The van der Waals surface area contributed by atoms with Crippen molar-refractivity contribution in [2.75, 3.05) is 21.3 Å². The topological polar surface area (TPSA) is 94.1 Å². The fourth-order valence-corrected chi connectivity index (χ4v) is 5.00. The molecule has 7 nitrogen and oxygen atoms in total. The summed E-state index contributed by atoms with van der Waals surface area (Å²) in [6.07, 6.45) is 0.887. The van der Waals surface area contributed by atoms with Crippen LogP contribution < -0.4 is 14.8 Å². The second-order valence-electron chi connectivity index (χ2n) is 8.34. The van der Waals surface area contributed by atoms with Crippen molar-refractivity contribution in [1.29, 1.82) is 0 Å². The van der Waals surface area contributed by atoms with Crippen molar-refractivity contribution in [2.24, 2.45) is 0 Å². The summed E-state index contributed by atoms with van der Waals surface area (Å²) < 4.78 is 15.6. The van der Waals surface area contributed by atoms with Crippen LogP contribution in [0.1, 0.15) is 42.7 Å². The molecule has 8 heteroatoms. The lowest BCUT2D eigenvalue weighted by Gasteiger charge is -2.36. The molecule has 0 unspecified atom stereocenters. The number of ketones is 1. The molecule has 1 aliphatic heterocycles. The number of halogens is 1. The molecule has 2 aliphatic rings. The number of allylic oxidation sites excluding steroid dienone is 3. The molecule has 0 fully saturated rings. The number of carbonyl (C=O) groups excluding carboxylic acids is 2. The van der Waals surface area contributed by atoms with Gasteiger partial charge < -0.3 is 24.6 Å². The highest BCUT2D eigenvalue weighted by atomic mass is 35.5. The molecule has 2 aromatic rings. The molecule has 2 aromatic carbocycles. The highest BCUT2D eigenvalue weighted by molar-refractivity contribution is 6.32. The summed E-state index contributed by atoms with van der Waals surface area (Å²) in [6, 6.07) is 10.9. The van der Waals surface area contributed by atoms with Crippen LogP contribution in [0.2, 0.25) is 5.02 Å². The van der Waals surface area contributed by atoms with Gasteiger partial charge in [-0.25, -0.2) is 4.79 Å². The molecule has 1 aliphatic carbocycles. The number of ether oxygens (including phenoxy) is 3. The van der Waals surface area contributed by atoms with Crippen molar-refractivity contribution in [3.8, 4) is 17.2 Å². The zero-order valence-electron chi connectivity index (χ0n) is 19.4. The van der Waals surface area contributed by atoms with E-state index in [1.807, 2.05) is 24.3 Å². The Bertz CT molecular complexity index is 1210. The van der Waals surface area contributed by atoms with Gasteiger partial charge in [0.2, 0.25) is 0 Å². The van der Waals surface area contributed by atoms with Gasteiger partial charge in [0.25, 0.3) is 0 Å². The Morgan fingerprint density at radius 2 is 1.76 bits per heavy atom. The number of aromatic hydroxyl groups is 1. The van der Waals surface area contributed by atoms with Gasteiger partial charge >= 0.3 is 5.97 Å². The third kappa shape index (κ3) is 4.12. The second-order valence-corrected chi connectivity index (χ2v) is 8.74. The van der Waals surface area contributed by atoms with Crippen molar-refractivity contribution in [3.05, 3.63) is 75.1 Å². The molecular weight excluding hydrogens is 458 g/mol. The lowest BCUT2D eigenvalue weighted by molar-refractivity contribution is -0.136. The summed E-state index contributed by atoms with van der Waals surface area (Å²) >= 11 is 6.26. The van der Waals surface area contributed by atoms with Crippen LogP contribution in [0.5, 0.6) is 17.2 Å². The molecule has 34 heavy (non-hydrogen) atoms. The van der Waals surface area contributed by atoms with Crippen LogP contribution in [-0.4, -0.2) is 38.2 Å². The largest absolute Gasteiger partial charge is 0.503 e. The minimum atomic E-state index is -0.708.